The van der Waals surface area contributed by atoms with E-state index in [1.165, 1.54) is 12.8 Å². The Kier molecular flexibility index (Phi) is 4.24. The Morgan fingerprint density at radius 2 is 2.00 bits per heavy atom. The molecule has 0 radical (unpaired) electrons. The molecule has 0 aliphatic heterocycles. The van der Waals surface area contributed by atoms with Crippen molar-refractivity contribution in [1.82, 2.24) is 0 Å². The lowest BCUT2D eigenvalue weighted by atomic mass is 9.97. The normalized spacial score (nSPS) is 17.5. The van der Waals surface area contributed by atoms with Gasteiger partial charge in [0.15, 0.2) is 0 Å². The molecule has 1 aromatic rings. The Labute approximate surface area is 114 Å². The number of nitrogens with two attached hydrogens (primary N) is 1. The van der Waals surface area contributed by atoms with Crippen molar-refractivity contribution < 1.29 is 8.78 Å². The van der Waals surface area contributed by atoms with Crippen molar-refractivity contribution in [2.24, 2.45) is 11.7 Å². The quantitative estimate of drug-likeness (QED) is 0.822. The number of benzene rings is 1. The number of rotatable bonds is 6. The Bertz CT molecular complexity index is 433. The van der Waals surface area contributed by atoms with E-state index < -0.39 is 5.92 Å². The molecule has 1 fully saturated rings. The summed E-state index contributed by atoms with van der Waals surface area (Å²) in [4.78, 5) is 0. The summed E-state index contributed by atoms with van der Waals surface area (Å²) in [5, 5.41) is 0. The second-order valence-electron chi connectivity index (χ2n) is 5.99. The van der Waals surface area contributed by atoms with E-state index in [-0.39, 0.29) is 5.56 Å². The van der Waals surface area contributed by atoms with Crippen LogP contribution in [0.2, 0.25) is 0 Å². The molecule has 1 aliphatic rings. The smallest absolute Gasteiger partial charge is 0.270 e. The van der Waals surface area contributed by atoms with Gasteiger partial charge in [-0.2, -0.15) is 0 Å². The number of hydrogen-bond acceptors (Lipinski definition) is 1. The van der Waals surface area contributed by atoms with E-state index in [4.69, 9.17) is 5.73 Å². The van der Waals surface area contributed by atoms with E-state index in [1.54, 1.807) is 12.1 Å². The first-order valence-corrected chi connectivity index (χ1v) is 7.10. The van der Waals surface area contributed by atoms with Crippen molar-refractivity contribution in [2.45, 2.75) is 57.9 Å². The highest BCUT2D eigenvalue weighted by Crippen LogP contribution is 2.33. The molecule has 1 atom stereocenters. The Hall–Kier alpha value is -0.960. The van der Waals surface area contributed by atoms with Crippen LogP contribution in [0.4, 0.5) is 8.78 Å². The minimum Gasteiger partial charge on any atom is -0.327 e. The highest BCUT2D eigenvalue weighted by atomic mass is 19.3. The first kappa shape index (κ1) is 14.4. The molecule has 0 amide bonds. The van der Waals surface area contributed by atoms with Gasteiger partial charge in [0.05, 0.1) is 0 Å². The Morgan fingerprint density at radius 1 is 1.32 bits per heavy atom. The largest absolute Gasteiger partial charge is 0.327 e. The van der Waals surface area contributed by atoms with Crippen LogP contribution in [-0.2, 0) is 12.3 Å². The molecule has 0 spiro atoms. The molecule has 19 heavy (non-hydrogen) atoms. The lowest BCUT2D eigenvalue weighted by Crippen LogP contribution is -2.22. The van der Waals surface area contributed by atoms with Crippen LogP contribution in [0.3, 0.4) is 0 Å². The molecule has 0 saturated heterocycles. The fourth-order valence-corrected chi connectivity index (χ4v) is 2.56. The highest BCUT2D eigenvalue weighted by Gasteiger charge is 2.28. The van der Waals surface area contributed by atoms with Crippen LogP contribution in [0.1, 0.15) is 49.3 Å². The third-order valence-corrected chi connectivity index (χ3v) is 3.87. The van der Waals surface area contributed by atoms with E-state index >= 15 is 0 Å². The molecule has 1 aliphatic carbocycles. The van der Waals surface area contributed by atoms with Crippen LogP contribution in [-0.4, -0.2) is 6.04 Å². The van der Waals surface area contributed by atoms with E-state index in [1.807, 2.05) is 13.0 Å². The summed E-state index contributed by atoms with van der Waals surface area (Å²) in [7, 11) is 0. The summed E-state index contributed by atoms with van der Waals surface area (Å²) < 4.78 is 26.7. The van der Waals surface area contributed by atoms with Gasteiger partial charge in [-0.3, -0.25) is 0 Å². The average molecular weight is 267 g/mol. The summed E-state index contributed by atoms with van der Waals surface area (Å²) in [5.74, 6) is -2.04. The van der Waals surface area contributed by atoms with Crippen LogP contribution >= 0.6 is 0 Å². The second-order valence-corrected chi connectivity index (χ2v) is 5.99. The lowest BCUT2D eigenvalue weighted by Gasteiger charge is -2.14. The van der Waals surface area contributed by atoms with Crippen molar-refractivity contribution in [2.75, 3.05) is 0 Å². The fourth-order valence-electron chi connectivity index (χ4n) is 2.56. The number of alkyl halides is 2. The van der Waals surface area contributed by atoms with Crippen molar-refractivity contribution in [3.8, 4) is 0 Å². The fraction of sp³-hybridized carbons (Fsp3) is 0.625. The first-order valence-electron chi connectivity index (χ1n) is 7.10. The standard InChI is InChI=1S/C16H23F2N/c1-11-8-12(10-14(9-11)16(2,17)18)4-3-5-15(19)13-6-7-13/h8-10,13,15H,3-7,19H2,1-2H3/t15-/m1/s1. The minimum absolute atomic E-state index is 0.119. The molecule has 1 saturated carbocycles. The molecule has 0 unspecified atom stereocenters. The number of halogens is 2. The first-order chi connectivity index (χ1) is 8.86. The molecule has 1 aromatic carbocycles. The van der Waals surface area contributed by atoms with Crippen LogP contribution in [0.5, 0.6) is 0 Å². The van der Waals surface area contributed by atoms with E-state index in [0.717, 1.165) is 37.3 Å². The van der Waals surface area contributed by atoms with Crippen molar-refractivity contribution in [1.29, 1.82) is 0 Å². The molecule has 2 N–H and O–H groups in total. The zero-order chi connectivity index (χ0) is 14.0. The van der Waals surface area contributed by atoms with Gasteiger partial charge in [0.25, 0.3) is 5.92 Å². The second kappa shape index (κ2) is 5.58. The van der Waals surface area contributed by atoms with Crippen molar-refractivity contribution in [3.05, 3.63) is 34.9 Å². The maximum absolute atomic E-state index is 13.4. The van der Waals surface area contributed by atoms with Gasteiger partial charge in [-0.1, -0.05) is 17.7 Å². The summed E-state index contributed by atoms with van der Waals surface area (Å²) in [5.41, 5.74) is 8.07. The molecular formula is C16H23F2N. The molecule has 1 nitrogen and oxygen atoms in total. The van der Waals surface area contributed by atoms with Gasteiger partial charge in [-0.25, -0.2) is 8.78 Å². The zero-order valence-electron chi connectivity index (χ0n) is 11.8. The maximum atomic E-state index is 13.4. The zero-order valence-corrected chi connectivity index (χ0v) is 11.8. The van der Waals surface area contributed by atoms with Crippen LogP contribution in [0.15, 0.2) is 18.2 Å². The number of aryl methyl sites for hydroxylation is 2. The molecule has 3 heteroatoms. The Balaban J connectivity index is 1.93. The van der Waals surface area contributed by atoms with E-state index in [0.29, 0.717) is 12.0 Å². The van der Waals surface area contributed by atoms with Crippen LogP contribution in [0, 0.1) is 12.8 Å². The van der Waals surface area contributed by atoms with Gasteiger partial charge >= 0.3 is 0 Å². The third kappa shape index (κ3) is 4.27. The van der Waals surface area contributed by atoms with Crippen LogP contribution in [0.25, 0.3) is 0 Å². The minimum atomic E-state index is -2.76. The van der Waals surface area contributed by atoms with E-state index in [9.17, 15) is 8.78 Å². The van der Waals surface area contributed by atoms with Gasteiger partial charge < -0.3 is 5.73 Å². The molecule has 2 rings (SSSR count). The topological polar surface area (TPSA) is 26.0 Å². The van der Waals surface area contributed by atoms with Crippen LogP contribution < -0.4 is 5.73 Å². The van der Waals surface area contributed by atoms with Gasteiger partial charge in [-0.15, -0.1) is 0 Å². The Morgan fingerprint density at radius 3 is 2.58 bits per heavy atom. The van der Waals surface area contributed by atoms with Gasteiger partial charge in [-0.05, 0) is 56.6 Å². The molecule has 106 valence electrons. The molecule has 0 aromatic heterocycles. The average Bonchev–Trinajstić information content (AvgIpc) is 3.10. The van der Waals surface area contributed by atoms with Gasteiger partial charge in [0, 0.05) is 18.5 Å². The predicted molar refractivity (Wildman–Crippen MR) is 74.4 cm³/mol. The van der Waals surface area contributed by atoms with E-state index in [2.05, 4.69) is 0 Å². The number of hydrogen-bond donors (Lipinski definition) is 1. The SMILES string of the molecule is Cc1cc(CCC[C@@H](N)C2CC2)cc(C(C)(F)F)c1. The highest BCUT2D eigenvalue weighted by molar-refractivity contribution is 5.31. The third-order valence-electron chi connectivity index (χ3n) is 3.87. The van der Waals surface area contributed by atoms with Crippen molar-refractivity contribution in [3.63, 3.8) is 0 Å². The van der Waals surface area contributed by atoms with Gasteiger partial charge in [0.1, 0.15) is 0 Å². The molecule has 0 heterocycles. The summed E-state index contributed by atoms with van der Waals surface area (Å²) in [6.45, 7) is 2.82. The summed E-state index contributed by atoms with van der Waals surface area (Å²) in [6.07, 6.45) is 5.34. The maximum Gasteiger partial charge on any atom is 0.270 e. The molecular weight excluding hydrogens is 244 g/mol. The summed E-state index contributed by atoms with van der Waals surface area (Å²) in [6, 6.07) is 5.50. The summed E-state index contributed by atoms with van der Waals surface area (Å²) >= 11 is 0. The van der Waals surface area contributed by atoms with Gasteiger partial charge in [0.2, 0.25) is 0 Å². The monoisotopic (exact) mass is 267 g/mol. The lowest BCUT2D eigenvalue weighted by molar-refractivity contribution is 0.0173. The molecule has 0 bridgehead atoms. The predicted octanol–water partition coefficient (Wildman–Crippen LogP) is 4.17. The van der Waals surface area contributed by atoms with Crippen molar-refractivity contribution >= 4 is 0 Å².